The van der Waals surface area contributed by atoms with Gasteiger partial charge in [-0.3, -0.25) is 14.8 Å². The minimum absolute atomic E-state index is 0.159. The first-order valence-electron chi connectivity index (χ1n) is 8.59. The van der Waals surface area contributed by atoms with Crippen LogP contribution in [0.5, 0.6) is 11.5 Å². The SMILES string of the molecule is O=C(NCc1nc(-c2ccncc2)cs1)c1ccc(Oc2cccnc2)cc1. The van der Waals surface area contributed by atoms with Gasteiger partial charge < -0.3 is 10.1 Å². The Bertz CT molecular complexity index is 1050. The van der Waals surface area contributed by atoms with E-state index in [0.717, 1.165) is 16.3 Å². The fourth-order valence-corrected chi connectivity index (χ4v) is 3.27. The second kappa shape index (κ2) is 8.41. The van der Waals surface area contributed by atoms with Gasteiger partial charge in [0.15, 0.2) is 0 Å². The Morgan fingerprint density at radius 3 is 2.54 bits per heavy atom. The molecule has 138 valence electrons. The van der Waals surface area contributed by atoms with E-state index in [1.807, 2.05) is 23.6 Å². The Labute approximate surface area is 165 Å². The van der Waals surface area contributed by atoms with Gasteiger partial charge in [-0.15, -0.1) is 11.3 Å². The molecular formula is C21H16N4O2S. The molecule has 0 unspecified atom stereocenters. The molecule has 0 saturated carbocycles. The van der Waals surface area contributed by atoms with Crippen LogP contribution in [0.1, 0.15) is 15.4 Å². The number of ether oxygens (including phenoxy) is 1. The number of hydrogen-bond acceptors (Lipinski definition) is 6. The number of hydrogen-bond donors (Lipinski definition) is 1. The minimum atomic E-state index is -0.159. The van der Waals surface area contributed by atoms with Crippen molar-refractivity contribution in [3.63, 3.8) is 0 Å². The van der Waals surface area contributed by atoms with Crippen molar-refractivity contribution in [2.24, 2.45) is 0 Å². The van der Waals surface area contributed by atoms with Crippen LogP contribution in [0.25, 0.3) is 11.3 Å². The van der Waals surface area contributed by atoms with Crippen LogP contribution in [0.4, 0.5) is 0 Å². The predicted octanol–water partition coefficient (Wildman–Crippen LogP) is 4.32. The molecule has 7 heteroatoms. The molecule has 1 aromatic carbocycles. The van der Waals surface area contributed by atoms with Crippen LogP contribution in [0.15, 0.2) is 78.7 Å². The fraction of sp³-hybridized carbons (Fsp3) is 0.0476. The summed E-state index contributed by atoms with van der Waals surface area (Å²) < 4.78 is 5.68. The van der Waals surface area contributed by atoms with Crippen LogP contribution in [0, 0.1) is 0 Å². The van der Waals surface area contributed by atoms with E-state index in [1.165, 1.54) is 11.3 Å². The number of nitrogens with one attached hydrogen (secondary N) is 1. The van der Waals surface area contributed by atoms with E-state index >= 15 is 0 Å². The Kier molecular flexibility index (Phi) is 5.35. The molecule has 1 N–H and O–H groups in total. The molecule has 0 aliphatic rings. The summed E-state index contributed by atoms with van der Waals surface area (Å²) >= 11 is 1.51. The van der Waals surface area contributed by atoms with Gasteiger partial charge in [0.2, 0.25) is 0 Å². The zero-order chi connectivity index (χ0) is 19.2. The first-order chi connectivity index (χ1) is 13.8. The largest absolute Gasteiger partial charge is 0.456 e. The van der Waals surface area contributed by atoms with Gasteiger partial charge in [-0.1, -0.05) is 0 Å². The third-order valence-corrected chi connectivity index (χ3v) is 4.76. The maximum Gasteiger partial charge on any atom is 0.251 e. The predicted molar refractivity (Wildman–Crippen MR) is 107 cm³/mol. The average Bonchev–Trinajstić information content (AvgIpc) is 3.23. The molecule has 0 fully saturated rings. The van der Waals surface area contributed by atoms with Crippen molar-refractivity contribution in [3.05, 3.63) is 89.3 Å². The molecule has 0 saturated heterocycles. The lowest BCUT2D eigenvalue weighted by Crippen LogP contribution is -2.22. The van der Waals surface area contributed by atoms with Crippen molar-refractivity contribution in [2.45, 2.75) is 6.54 Å². The monoisotopic (exact) mass is 388 g/mol. The lowest BCUT2D eigenvalue weighted by molar-refractivity contribution is 0.0951. The number of pyridine rings is 2. The summed E-state index contributed by atoms with van der Waals surface area (Å²) in [6.45, 7) is 0.377. The molecule has 0 aliphatic heterocycles. The molecule has 0 atom stereocenters. The first-order valence-corrected chi connectivity index (χ1v) is 9.47. The second-order valence-electron chi connectivity index (χ2n) is 5.86. The third-order valence-electron chi connectivity index (χ3n) is 3.91. The van der Waals surface area contributed by atoms with Crippen molar-refractivity contribution in [3.8, 4) is 22.8 Å². The first kappa shape index (κ1) is 17.8. The van der Waals surface area contributed by atoms with Gasteiger partial charge in [0.05, 0.1) is 18.4 Å². The summed E-state index contributed by atoms with van der Waals surface area (Å²) in [6.07, 6.45) is 6.78. The number of carbonyl (C=O) groups is 1. The molecule has 4 aromatic rings. The summed E-state index contributed by atoms with van der Waals surface area (Å²) in [5.41, 5.74) is 2.45. The Morgan fingerprint density at radius 1 is 0.964 bits per heavy atom. The van der Waals surface area contributed by atoms with Crippen LogP contribution in [0.2, 0.25) is 0 Å². The topological polar surface area (TPSA) is 77.0 Å². The van der Waals surface area contributed by atoms with E-state index in [4.69, 9.17) is 4.74 Å². The Morgan fingerprint density at radius 2 is 1.79 bits per heavy atom. The minimum Gasteiger partial charge on any atom is -0.456 e. The van der Waals surface area contributed by atoms with Gasteiger partial charge in [-0.05, 0) is 48.5 Å². The lowest BCUT2D eigenvalue weighted by Gasteiger charge is -2.07. The molecule has 0 spiro atoms. The highest BCUT2D eigenvalue weighted by Gasteiger charge is 2.09. The van der Waals surface area contributed by atoms with E-state index in [-0.39, 0.29) is 5.91 Å². The molecule has 0 bridgehead atoms. The smallest absolute Gasteiger partial charge is 0.251 e. The third kappa shape index (κ3) is 4.39. The van der Waals surface area contributed by atoms with Crippen molar-refractivity contribution in [2.75, 3.05) is 0 Å². The van der Waals surface area contributed by atoms with Gasteiger partial charge in [-0.2, -0.15) is 0 Å². The van der Waals surface area contributed by atoms with E-state index in [2.05, 4.69) is 20.3 Å². The maximum absolute atomic E-state index is 12.4. The van der Waals surface area contributed by atoms with E-state index < -0.39 is 0 Å². The molecule has 4 rings (SSSR count). The number of thiazole rings is 1. The zero-order valence-electron chi connectivity index (χ0n) is 14.8. The Balaban J connectivity index is 1.34. The lowest BCUT2D eigenvalue weighted by atomic mass is 10.2. The van der Waals surface area contributed by atoms with E-state index in [0.29, 0.717) is 23.6 Å². The summed E-state index contributed by atoms with van der Waals surface area (Å²) in [7, 11) is 0. The van der Waals surface area contributed by atoms with Crippen molar-refractivity contribution in [1.82, 2.24) is 20.3 Å². The summed E-state index contributed by atoms with van der Waals surface area (Å²) in [4.78, 5) is 24.9. The Hall–Kier alpha value is -3.58. The van der Waals surface area contributed by atoms with Crippen LogP contribution >= 0.6 is 11.3 Å². The molecule has 6 nitrogen and oxygen atoms in total. The van der Waals surface area contributed by atoms with Gasteiger partial charge >= 0.3 is 0 Å². The van der Waals surface area contributed by atoms with Crippen LogP contribution in [-0.2, 0) is 6.54 Å². The van der Waals surface area contributed by atoms with Crippen LogP contribution < -0.4 is 10.1 Å². The van der Waals surface area contributed by atoms with E-state index in [1.54, 1.807) is 55.1 Å². The van der Waals surface area contributed by atoms with Crippen LogP contribution in [-0.4, -0.2) is 20.9 Å². The van der Waals surface area contributed by atoms with Crippen molar-refractivity contribution < 1.29 is 9.53 Å². The number of rotatable bonds is 6. The molecule has 0 aliphatic carbocycles. The highest BCUT2D eigenvalue weighted by molar-refractivity contribution is 7.09. The fourth-order valence-electron chi connectivity index (χ4n) is 2.52. The number of aromatic nitrogens is 3. The van der Waals surface area contributed by atoms with E-state index in [9.17, 15) is 4.79 Å². The van der Waals surface area contributed by atoms with Crippen LogP contribution in [0.3, 0.4) is 0 Å². The van der Waals surface area contributed by atoms with Gasteiger partial charge in [0, 0.05) is 35.1 Å². The standard InChI is InChI=1S/C21H16N4O2S/c26-21(16-3-5-17(6-4-16)27-18-2-1-9-23-12-18)24-13-20-25-19(14-28-20)15-7-10-22-11-8-15/h1-12,14H,13H2,(H,24,26). The normalized spacial score (nSPS) is 10.4. The summed E-state index contributed by atoms with van der Waals surface area (Å²) in [6, 6.07) is 14.4. The highest BCUT2D eigenvalue weighted by Crippen LogP contribution is 2.22. The zero-order valence-corrected chi connectivity index (χ0v) is 15.6. The van der Waals surface area contributed by atoms with Gasteiger partial charge in [-0.25, -0.2) is 4.98 Å². The molecular weight excluding hydrogens is 372 g/mol. The number of amides is 1. The van der Waals surface area contributed by atoms with Gasteiger partial charge in [0.1, 0.15) is 16.5 Å². The quantitative estimate of drug-likeness (QED) is 0.532. The molecule has 0 radical (unpaired) electrons. The summed E-state index contributed by atoms with van der Waals surface area (Å²) in [5.74, 6) is 1.13. The maximum atomic E-state index is 12.4. The second-order valence-corrected chi connectivity index (χ2v) is 6.80. The number of nitrogens with zero attached hydrogens (tertiary/aromatic N) is 3. The summed E-state index contributed by atoms with van der Waals surface area (Å²) in [5, 5.41) is 5.71. The molecule has 28 heavy (non-hydrogen) atoms. The van der Waals surface area contributed by atoms with Crippen molar-refractivity contribution in [1.29, 1.82) is 0 Å². The molecule has 3 aromatic heterocycles. The van der Waals surface area contributed by atoms with Crippen molar-refractivity contribution >= 4 is 17.2 Å². The molecule has 1 amide bonds. The molecule has 3 heterocycles. The number of benzene rings is 1. The van der Waals surface area contributed by atoms with Gasteiger partial charge in [0.25, 0.3) is 5.91 Å². The highest BCUT2D eigenvalue weighted by atomic mass is 32.1. The average molecular weight is 388 g/mol. The number of carbonyl (C=O) groups excluding carboxylic acids is 1.